The highest BCUT2D eigenvalue weighted by Gasteiger charge is 2.29. The summed E-state index contributed by atoms with van der Waals surface area (Å²) < 4.78 is 1.73. The molecule has 0 aliphatic carbocycles. The zero-order chi connectivity index (χ0) is 18.1. The van der Waals surface area contributed by atoms with Crippen LogP contribution in [0, 0.1) is 5.92 Å². The summed E-state index contributed by atoms with van der Waals surface area (Å²) in [5.74, 6) is 1.26. The molecule has 136 valence electrons. The quantitative estimate of drug-likeness (QED) is 0.763. The first-order valence-electron chi connectivity index (χ1n) is 9.01. The number of hydrogen-bond acceptors (Lipinski definition) is 3. The first-order chi connectivity index (χ1) is 12.6. The maximum atomic E-state index is 12.9. The van der Waals surface area contributed by atoms with Crippen molar-refractivity contribution in [2.75, 3.05) is 13.1 Å². The van der Waals surface area contributed by atoms with Gasteiger partial charge in [-0.3, -0.25) is 9.48 Å². The van der Waals surface area contributed by atoms with E-state index >= 15 is 0 Å². The number of amides is 1. The van der Waals surface area contributed by atoms with Gasteiger partial charge in [-0.25, -0.2) is 4.98 Å². The summed E-state index contributed by atoms with van der Waals surface area (Å²) in [7, 11) is 0. The summed E-state index contributed by atoms with van der Waals surface area (Å²) in [5.41, 5.74) is 2.03. The minimum Gasteiger partial charge on any atom is -0.342 e. The Labute approximate surface area is 157 Å². The summed E-state index contributed by atoms with van der Waals surface area (Å²) in [6.45, 7) is 4.00. The Kier molecular flexibility index (Phi) is 4.68. The van der Waals surface area contributed by atoms with Gasteiger partial charge in [-0.15, -0.1) is 0 Å². The number of nitrogens with zero attached hydrogens (tertiary/aromatic N) is 4. The van der Waals surface area contributed by atoms with Gasteiger partial charge in [-0.05, 0) is 25.0 Å². The Bertz CT molecular complexity index is 884. The van der Waals surface area contributed by atoms with Crippen LogP contribution < -0.4 is 0 Å². The number of aromatic nitrogens is 4. The zero-order valence-electron chi connectivity index (χ0n) is 14.7. The number of halogens is 1. The highest BCUT2D eigenvalue weighted by molar-refractivity contribution is 6.30. The Morgan fingerprint density at radius 2 is 2.27 bits per heavy atom. The van der Waals surface area contributed by atoms with Gasteiger partial charge >= 0.3 is 0 Å². The van der Waals surface area contributed by atoms with Gasteiger partial charge in [0.1, 0.15) is 5.82 Å². The van der Waals surface area contributed by atoms with Crippen molar-refractivity contribution < 1.29 is 4.79 Å². The number of aromatic amines is 1. The van der Waals surface area contributed by atoms with E-state index in [0.717, 1.165) is 36.2 Å². The lowest BCUT2D eigenvalue weighted by atomic mass is 9.96. The lowest BCUT2D eigenvalue weighted by Crippen LogP contribution is -2.42. The molecule has 26 heavy (non-hydrogen) atoms. The second-order valence-corrected chi connectivity index (χ2v) is 7.48. The molecule has 1 aromatic carbocycles. The number of fused-ring (bicyclic) bond motifs is 1. The Morgan fingerprint density at radius 1 is 1.42 bits per heavy atom. The van der Waals surface area contributed by atoms with E-state index in [1.807, 2.05) is 36.1 Å². The van der Waals surface area contributed by atoms with Crippen LogP contribution in [0.2, 0.25) is 5.02 Å². The third-order valence-electron chi connectivity index (χ3n) is 5.01. The van der Waals surface area contributed by atoms with Crippen molar-refractivity contribution in [3.05, 3.63) is 47.5 Å². The van der Waals surface area contributed by atoms with Gasteiger partial charge in [0, 0.05) is 25.2 Å². The van der Waals surface area contributed by atoms with Crippen LogP contribution in [-0.4, -0.2) is 43.6 Å². The van der Waals surface area contributed by atoms with Crippen molar-refractivity contribution in [2.45, 2.75) is 32.2 Å². The summed E-state index contributed by atoms with van der Waals surface area (Å²) in [4.78, 5) is 23.0. The average molecular weight is 372 g/mol. The van der Waals surface area contributed by atoms with Crippen LogP contribution in [0.4, 0.5) is 0 Å². The number of piperidine rings is 1. The number of hydrogen-bond donors (Lipinski definition) is 1. The number of nitrogens with one attached hydrogen (secondary N) is 1. The molecule has 4 rings (SSSR count). The Morgan fingerprint density at radius 3 is 3.04 bits per heavy atom. The van der Waals surface area contributed by atoms with E-state index in [9.17, 15) is 4.79 Å². The predicted octanol–water partition coefficient (Wildman–Crippen LogP) is 3.46. The summed E-state index contributed by atoms with van der Waals surface area (Å²) in [6.07, 6.45) is 5.39. The molecule has 1 fully saturated rings. The highest BCUT2D eigenvalue weighted by Crippen LogP contribution is 2.27. The van der Waals surface area contributed by atoms with Crippen LogP contribution in [0.1, 0.15) is 31.5 Å². The summed E-state index contributed by atoms with van der Waals surface area (Å²) in [6, 6.07) is 8.05. The largest absolute Gasteiger partial charge is 0.342 e. The molecule has 2 unspecified atom stereocenters. The minimum atomic E-state index is -0.139. The number of carbonyl (C=O) groups excluding carboxylic acids is 1. The van der Waals surface area contributed by atoms with Gasteiger partial charge in [-0.1, -0.05) is 30.7 Å². The van der Waals surface area contributed by atoms with Gasteiger partial charge < -0.3 is 9.88 Å². The highest BCUT2D eigenvalue weighted by atomic mass is 35.5. The molecule has 0 radical (unpaired) electrons. The van der Waals surface area contributed by atoms with Crippen LogP contribution in [0.5, 0.6) is 0 Å². The number of carbonyl (C=O) groups is 1. The Balaban J connectivity index is 1.44. The molecule has 1 aliphatic heterocycles. The molecule has 0 bridgehead atoms. The molecule has 1 aliphatic rings. The first-order valence-corrected chi connectivity index (χ1v) is 9.39. The van der Waals surface area contributed by atoms with Gasteiger partial charge in [0.15, 0.2) is 0 Å². The van der Waals surface area contributed by atoms with Crippen molar-refractivity contribution >= 4 is 28.5 Å². The third-order valence-corrected chi connectivity index (χ3v) is 5.21. The molecule has 3 heterocycles. The average Bonchev–Trinajstić information content (AvgIpc) is 3.27. The topological polar surface area (TPSA) is 66.8 Å². The smallest absolute Gasteiger partial charge is 0.227 e. The van der Waals surface area contributed by atoms with Crippen LogP contribution in [0.15, 0.2) is 36.7 Å². The van der Waals surface area contributed by atoms with E-state index in [-0.39, 0.29) is 17.7 Å². The first kappa shape index (κ1) is 17.1. The molecular formula is C19H22ClN5O. The van der Waals surface area contributed by atoms with E-state index in [4.69, 9.17) is 16.6 Å². The molecular weight excluding hydrogens is 350 g/mol. The predicted molar refractivity (Wildman–Crippen MR) is 101 cm³/mol. The van der Waals surface area contributed by atoms with E-state index in [0.29, 0.717) is 18.1 Å². The molecule has 1 saturated heterocycles. The summed E-state index contributed by atoms with van der Waals surface area (Å²) >= 11 is 5.90. The molecule has 1 N–H and O–H groups in total. The van der Waals surface area contributed by atoms with Gasteiger partial charge in [0.05, 0.1) is 34.7 Å². The Hall–Kier alpha value is -2.34. The van der Waals surface area contributed by atoms with Crippen molar-refractivity contribution in [3.63, 3.8) is 0 Å². The van der Waals surface area contributed by atoms with Crippen LogP contribution in [-0.2, 0) is 11.3 Å². The number of benzene rings is 1. The SMILES string of the molecule is CC(Cn1cc(Cl)cn1)C(=O)N1CCCC(c2nc3ccccc3[nH]2)C1. The molecule has 6 nitrogen and oxygen atoms in total. The standard InChI is InChI=1S/C19H22ClN5O/c1-13(10-25-12-15(20)9-21-25)19(26)24-8-4-5-14(11-24)18-22-16-6-2-3-7-17(16)23-18/h2-3,6-7,9,12-14H,4-5,8,10-11H2,1H3,(H,22,23). The van der Waals surface area contributed by atoms with Gasteiger partial charge in [-0.2, -0.15) is 5.10 Å². The molecule has 2 aromatic heterocycles. The number of imidazole rings is 1. The van der Waals surface area contributed by atoms with Crippen LogP contribution in [0.25, 0.3) is 11.0 Å². The number of rotatable bonds is 4. The molecule has 1 amide bonds. The van der Waals surface area contributed by atoms with Crippen molar-refractivity contribution in [1.29, 1.82) is 0 Å². The van der Waals surface area contributed by atoms with Gasteiger partial charge in [0.2, 0.25) is 5.91 Å². The fourth-order valence-corrected chi connectivity index (χ4v) is 3.83. The minimum absolute atomic E-state index is 0.139. The van der Waals surface area contributed by atoms with Crippen LogP contribution in [0.3, 0.4) is 0 Å². The number of likely N-dealkylation sites (tertiary alicyclic amines) is 1. The van der Waals surface area contributed by atoms with Crippen LogP contribution >= 0.6 is 11.6 Å². The number of para-hydroxylation sites is 2. The van der Waals surface area contributed by atoms with E-state index in [1.165, 1.54) is 0 Å². The maximum absolute atomic E-state index is 12.9. The number of H-pyrrole nitrogens is 1. The zero-order valence-corrected chi connectivity index (χ0v) is 15.5. The normalized spacial score (nSPS) is 19.0. The fraction of sp³-hybridized carbons (Fsp3) is 0.421. The summed E-state index contributed by atoms with van der Waals surface area (Å²) in [5, 5.41) is 4.76. The van der Waals surface area contributed by atoms with Crippen molar-refractivity contribution in [3.8, 4) is 0 Å². The van der Waals surface area contributed by atoms with Crippen molar-refractivity contribution in [2.24, 2.45) is 5.92 Å². The van der Waals surface area contributed by atoms with E-state index < -0.39 is 0 Å². The maximum Gasteiger partial charge on any atom is 0.227 e. The van der Waals surface area contributed by atoms with E-state index in [2.05, 4.69) is 10.1 Å². The molecule has 0 saturated carbocycles. The molecule has 7 heteroatoms. The fourth-order valence-electron chi connectivity index (χ4n) is 3.67. The van der Waals surface area contributed by atoms with Crippen molar-refractivity contribution in [1.82, 2.24) is 24.6 Å². The lowest BCUT2D eigenvalue weighted by Gasteiger charge is -2.33. The second-order valence-electron chi connectivity index (χ2n) is 7.04. The van der Waals surface area contributed by atoms with Gasteiger partial charge in [0.25, 0.3) is 0 Å². The molecule has 2 atom stereocenters. The molecule has 0 spiro atoms. The second kappa shape index (κ2) is 7.11. The third kappa shape index (κ3) is 3.46. The lowest BCUT2D eigenvalue weighted by molar-refractivity contribution is -0.136. The molecule has 3 aromatic rings. The monoisotopic (exact) mass is 371 g/mol. The van der Waals surface area contributed by atoms with E-state index in [1.54, 1.807) is 17.1 Å².